The number of aliphatic hydroxyl groups excluding tert-OH is 1. The summed E-state index contributed by atoms with van der Waals surface area (Å²) in [5.41, 5.74) is -1.99. The van der Waals surface area contributed by atoms with E-state index in [4.69, 9.17) is 19.8 Å². The van der Waals surface area contributed by atoms with Crippen LogP contribution in [0, 0.1) is 18.3 Å². The van der Waals surface area contributed by atoms with E-state index in [9.17, 15) is 22.8 Å². The van der Waals surface area contributed by atoms with E-state index in [2.05, 4.69) is 20.8 Å². The summed E-state index contributed by atoms with van der Waals surface area (Å²) in [6.07, 6.45) is -4.90. The van der Waals surface area contributed by atoms with Gasteiger partial charge in [0.2, 0.25) is 0 Å². The van der Waals surface area contributed by atoms with E-state index in [0.717, 1.165) is 6.92 Å². The number of methoxy groups -OCH3 is 1. The minimum absolute atomic E-state index is 0.0109. The molecule has 0 radical (unpaired) electrons. The summed E-state index contributed by atoms with van der Waals surface area (Å²) in [5, 5.41) is 29.5. The average Bonchev–Trinajstić information content (AvgIpc) is 2.86. The highest BCUT2D eigenvalue weighted by Crippen LogP contribution is 2.37. The number of benzene rings is 2. The third kappa shape index (κ3) is 6.30. The van der Waals surface area contributed by atoms with Crippen molar-refractivity contribution in [2.24, 2.45) is 0 Å². The monoisotopic (exact) mass is 515 g/mol. The lowest BCUT2D eigenvalue weighted by Crippen LogP contribution is -2.26. The quantitative estimate of drug-likeness (QED) is 0.413. The number of aromatic nitrogens is 2. The van der Waals surface area contributed by atoms with E-state index in [1.165, 1.54) is 49.6 Å². The molecule has 3 aromatic rings. The van der Waals surface area contributed by atoms with Crippen LogP contribution in [0.5, 0.6) is 17.4 Å². The largest absolute Gasteiger partial charge is 0.493 e. The molecule has 0 aliphatic rings. The molecule has 0 aliphatic heterocycles. The highest BCUT2D eigenvalue weighted by atomic mass is 19.4. The lowest BCUT2D eigenvalue weighted by molar-refractivity contribution is -0.142. The van der Waals surface area contributed by atoms with Crippen LogP contribution in [0.15, 0.2) is 42.5 Å². The summed E-state index contributed by atoms with van der Waals surface area (Å²) in [6.45, 7) is 0.788. The molecule has 2 amide bonds. The predicted molar refractivity (Wildman–Crippen MR) is 123 cm³/mol. The first-order valence-corrected chi connectivity index (χ1v) is 10.6. The summed E-state index contributed by atoms with van der Waals surface area (Å²) in [5.74, 6) is -2.02. The normalized spacial score (nSPS) is 10.8. The standard InChI is InChI=1S/C24H20F3N5O5/c1-13-19(22(35)30-16-5-3-4-15(11-16)21(34)29-8-9-33)23(32-31-20(13)24(25,26)27)37-17-7-6-14(12-28)10-18(17)36-2/h3-7,10-11,33H,8-9H2,1-2H3,(H,29,34)(H,30,35). The molecule has 0 spiro atoms. The number of anilines is 1. The summed E-state index contributed by atoms with van der Waals surface area (Å²) < 4.78 is 51.4. The molecule has 0 atom stereocenters. The Hall–Kier alpha value is -4.70. The van der Waals surface area contributed by atoms with Crippen molar-refractivity contribution in [1.82, 2.24) is 15.5 Å². The number of ether oxygens (including phenoxy) is 2. The second-order valence-electron chi connectivity index (χ2n) is 7.45. The van der Waals surface area contributed by atoms with Gasteiger partial charge in [0.05, 0.1) is 25.3 Å². The minimum atomic E-state index is -4.90. The van der Waals surface area contributed by atoms with Gasteiger partial charge in [0, 0.05) is 23.9 Å². The topological polar surface area (TPSA) is 146 Å². The zero-order valence-electron chi connectivity index (χ0n) is 19.5. The number of nitriles is 1. The van der Waals surface area contributed by atoms with Crippen LogP contribution in [-0.2, 0) is 6.18 Å². The molecule has 0 bridgehead atoms. The van der Waals surface area contributed by atoms with E-state index in [1.807, 2.05) is 6.07 Å². The number of rotatable bonds is 8. The Morgan fingerprint density at radius 2 is 1.86 bits per heavy atom. The van der Waals surface area contributed by atoms with Gasteiger partial charge in [0.1, 0.15) is 5.56 Å². The molecular weight excluding hydrogens is 495 g/mol. The molecule has 0 fully saturated rings. The van der Waals surface area contributed by atoms with Gasteiger partial charge in [-0.2, -0.15) is 18.4 Å². The van der Waals surface area contributed by atoms with E-state index in [1.54, 1.807) is 0 Å². The molecule has 10 nitrogen and oxygen atoms in total. The van der Waals surface area contributed by atoms with Crippen LogP contribution in [-0.4, -0.2) is 47.4 Å². The lowest BCUT2D eigenvalue weighted by atomic mass is 10.1. The van der Waals surface area contributed by atoms with Crippen molar-refractivity contribution in [3.05, 3.63) is 70.4 Å². The zero-order chi connectivity index (χ0) is 27.2. The maximum Gasteiger partial charge on any atom is 0.435 e. The van der Waals surface area contributed by atoms with Crippen molar-refractivity contribution in [2.75, 3.05) is 25.6 Å². The van der Waals surface area contributed by atoms with Gasteiger partial charge >= 0.3 is 6.18 Å². The number of aliphatic hydroxyl groups is 1. The number of alkyl halides is 3. The van der Waals surface area contributed by atoms with Gasteiger partial charge in [-0.3, -0.25) is 9.59 Å². The Bertz CT molecular complexity index is 1370. The number of carbonyl (C=O) groups excluding carboxylic acids is 2. The summed E-state index contributed by atoms with van der Waals surface area (Å²) in [4.78, 5) is 25.4. The van der Waals surface area contributed by atoms with Crippen LogP contribution >= 0.6 is 0 Å². The molecule has 1 heterocycles. The molecule has 13 heteroatoms. The molecule has 0 saturated heterocycles. The molecule has 2 aromatic carbocycles. The molecule has 1 aromatic heterocycles. The van der Waals surface area contributed by atoms with Gasteiger partial charge in [0.25, 0.3) is 17.7 Å². The number of halogens is 3. The van der Waals surface area contributed by atoms with Crippen molar-refractivity contribution >= 4 is 17.5 Å². The number of amides is 2. The van der Waals surface area contributed by atoms with Crippen LogP contribution < -0.4 is 20.1 Å². The molecule has 0 unspecified atom stereocenters. The number of carbonyl (C=O) groups is 2. The number of hydrogen-bond acceptors (Lipinski definition) is 8. The van der Waals surface area contributed by atoms with Crippen LogP contribution in [0.1, 0.15) is 37.5 Å². The zero-order valence-corrected chi connectivity index (χ0v) is 19.5. The van der Waals surface area contributed by atoms with Gasteiger partial charge in [0.15, 0.2) is 17.2 Å². The summed E-state index contributed by atoms with van der Waals surface area (Å²) >= 11 is 0. The lowest BCUT2D eigenvalue weighted by Gasteiger charge is -2.17. The SMILES string of the molecule is COc1cc(C#N)ccc1Oc1nnc(C(F)(F)F)c(C)c1C(=O)Nc1cccc(C(=O)NCCO)c1. The first-order chi connectivity index (χ1) is 17.6. The Morgan fingerprint density at radius 1 is 1.11 bits per heavy atom. The van der Waals surface area contributed by atoms with Crippen molar-refractivity contribution in [3.8, 4) is 23.4 Å². The fourth-order valence-corrected chi connectivity index (χ4v) is 3.24. The molecule has 192 valence electrons. The second kappa shape index (κ2) is 11.4. The fraction of sp³-hybridized carbons (Fsp3) is 0.208. The van der Waals surface area contributed by atoms with Crippen LogP contribution in [0.2, 0.25) is 0 Å². The summed E-state index contributed by atoms with van der Waals surface area (Å²) in [6, 6.07) is 11.6. The van der Waals surface area contributed by atoms with Gasteiger partial charge in [-0.1, -0.05) is 6.07 Å². The first-order valence-electron chi connectivity index (χ1n) is 10.6. The van der Waals surface area contributed by atoms with Crippen molar-refractivity contribution in [3.63, 3.8) is 0 Å². The van der Waals surface area contributed by atoms with E-state index in [-0.39, 0.29) is 41.5 Å². The molecule has 3 N–H and O–H groups in total. The number of hydrogen-bond donors (Lipinski definition) is 3. The Morgan fingerprint density at radius 3 is 2.51 bits per heavy atom. The Balaban J connectivity index is 2.02. The van der Waals surface area contributed by atoms with Crippen molar-refractivity contribution < 1.29 is 37.3 Å². The highest BCUT2D eigenvalue weighted by Gasteiger charge is 2.38. The fourth-order valence-electron chi connectivity index (χ4n) is 3.24. The smallest absolute Gasteiger partial charge is 0.435 e. The highest BCUT2D eigenvalue weighted by molar-refractivity contribution is 6.07. The minimum Gasteiger partial charge on any atom is -0.493 e. The molecule has 37 heavy (non-hydrogen) atoms. The van der Waals surface area contributed by atoms with Gasteiger partial charge < -0.3 is 25.2 Å². The maximum absolute atomic E-state index is 13.5. The summed E-state index contributed by atoms with van der Waals surface area (Å²) in [7, 11) is 1.30. The van der Waals surface area contributed by atoms with E-state index >= 15 is 0 Å². The van der Waals surface area contributed by atoms with E-state index in [0.29, 0.717) is 0 Å². The third-order valence-corrected chi connectivity index (χ3v) is 4.96. The average molecular weight is 515 g/mol. The van der Waals surface area contributed by atoms with Gasteiger partial charge in [-0.15, -0.1) is 10.2 Å². The Kier molecular flexibility index (Phi) is 8.26. The van der Waals surface area contributed by atoms with Crippen LogP contribution in [0.3, 0.4) is 0 Å². The van der Waals surface area contributed by atoms with Crippen LogP contribution in [0.4, 0.5) is 18.9 Å². The Labute approximate surface area is 208 Å². The molecule has 0 saturated carbocycles. The first kappa shape index (κ1) is 26.9. The predicted octanol–water partition coefficient (Wildman–Crippen LogP) is 3.45. The van der Waals surface area contributed by atoms with E-state index < -0.39 is 40.7 Å². The van der Waals surface area contributed by atoms with Gasteiger partial charge in [-0.05, 0) is 42.8 Å². The van der Waals surface area contributed by atoms with Gasteiger partial charge in [-0.25, -0.2) is 0 Å². The molecular formula is C24H20F3N5O5. The second-order valence-corrected chi connectivity index (χ2v) is 7.45. The number of nitrogens with one attached hydrogen (secondary N) is 2. The van der Waals surface area contributed by atoms with Crippen molar-refractivity contribution in [1.29, 1.82) is 5.26 Å². The third-order valence-electron chi connectivity index (χ3n) is 4.96. The maximum atomic E-state index is 13.5. The van der Waals surface area contributed by atoms with Crippen LogP contribution in [0.25, 0.3) is 0 Å². The van der Waals surface area contributed by atoms with Crippen molar-refractivity contribution in [2.45, 2.75) is 13.1 Å². The molecule has 3 rings (SSSR count). The number of nitrogens with zero attached hydrogens (tertiary/aromatic N) is 3. The molecule has 0 aliphatic carbocycles.